The van der Waals surface area contributed by atoms with Gasteiger partial charge in [-0.3, -0.25) is 4.79 Å². The van der Waals surface area contributed by atoms with Crippen molar-refractivity contribution in [2.45, 2.75) is 95.5 Å². The summed E-state index contributed by atoms with van der Waals surface area (Å²) in [5.41, 5.74) is -1.18. The number of carbonyl (C=O) groups is 1. The number of hydrogen-bond acceptors (Lipinski definition) is 5. The maximum atomic E-state index is 13.9. The molecule has 5 atom stereocenters. The second-order valence-electron chi connectivity index (χ2n) is 9.40. The summed E-state index contributed by atoms with van der Waals surface area (Å²) in [6, 6.07) is 3.62. The van der Waals surface area contributed by atoms with Crippen LogP contribution in [0.4, 0.5) is 8.78 Å². The summed E-state index contributed by atoms with van der Waals surface area (Å²) in [5.74, 6) is -3.48. The van der Waals surface area contributed by atoms with Crippen LogP contribution in [0.15, 0.2) is 18.2 Å². The van der Waals surface area contributed by atoms with Gasteiger partial charge in [0.1, 0.15) is 5.60 Å². The largest absolute Gasteiger partial charge is 0.482 e. The third-order valence-corrected chi connectivity index (χ3v) is 6.56. The van der Waals surface area contributed by atoms with Gasteiger partial charge in [0.05, 0.1) is 18.3 Å². The maximum absolute atomic E-state index is 13.9. The molecule has 0 radical (unpaired) electrons. The van der Waals surface area contributed by atoms with Crippen LogP contribution in [-0.4, -0.2) is 50.3 Å². The molecule has 6 nitrogen and oxygen atoms in total. The Balaban J connectivity index is 1.87. The van der Waals surface area contributed by atoms with Crippen molar-refractivity contribution >= 4 is 5.97 Å². The highest BCUT2D eigenvalue weighted by Crippen LogP contribution is 2.40. The van der Waals surface area contributed by atoms with Crippen molar-refractivity contribution in [3.05, 3.63) is 29.8 Å². The highest BCUT2D eigenvalue weighted by atomic mass is 19.2. The molecule has 0 aliphatic heterocycles. The van der Waals surface area contributed by atoms with Gasteiger partial charge in [-0.25, -0.2) is 4.39 Å². The summed E-state index contributed by atoms with van der Waals surface area (Å²) >= 11 is 0. The highest BCUT2D eigenvalue weighted by Gasteiger charge is 2.42. The van der Waals surface area contributed by atoms with Crippen LogP contribution in [0.2, 0.25) is 0 Å². The van der Waals surface area contributed by atoms with Gasteiger partial charge in [0.2, 0.25) is 5.82 Å². The minimum absolute atomic E-state index is 0.0960. The number of aliphatic hydroxyl groups is 3. The molecule has 0 aromatic heterocycles. The topological polar surface area (TPSA) is 107 Å². The first-order valence-corrected chi connectivity index (χ1v) is 11.4. The predicted molar refractivity (Wildman–Crippen MR) is 115 cm³/mol. The zero-order chi connectivity index (χ0) is 23.9. The van der Waals surface area contributed by atoms with Crippen molar-refractivity contribution in [1.82, 2.24) is 0 Å². The first-order chi connectivity index (χ1) is 15.0. The lowest BCUT2D eigenvalue weighted by molar-refractivity contribution is -0.137. The second-order valence-corrected chi connectivity index (χ2v) is 9.40. The fourth-order valence-corrected chi connectivity index (χ4v) is 4.60. The van der Waals surface area contributed by atoms with E-state index in [-0.39, 0.29) is 30.4 Å². The predicted octanol–water partition coefficient (Wildman–Crippen LogP) is 4.05. The van der Waals surface area contributed by atoms with E-state index >= 15 is 0 Å². The third-order valence-electron chi connectivity index (χ3n) is 6.56. The standard InChI is InChI=1S/C24H36F2O6/c1-24(2,32-20-10-7-9-17(25)23(20)26)21(29)13-12-16-15(18(27)14-19(16)28)8-5-3-4-6-11-22(30)31/h7,9-10,15-16,18-19,21,27-29H,3-6,8,11-14H2,1-2H3,(H,30,31). The van der Waals surface area contributed by atoms with E-state index in [0.29, 0.717) is 19.3 Å². The van der Waals surface area contributed by atoms with Crippen LogP contribution in [0.5, 0.6) is 5.75 Å². The molecule has 1 aromatic carbocycles. The third kappa shape index (κ3) is 7.39. The van der Waals surface area contributed by atoms with E-state index in [2.05, 4.69) is 0 Å². The van der Waals surface area contributed by atoms with E-state index in [1.807, 2.05) is 0 Å². The Morgan fingerprint density at radius 1 is 1.09 bits per heavy atom. The number of halogens is 2. The molecule has 1 fully saturated rings. The number of rotatable bonds is 13. The molecule has 2 rings (SSSR count). The number of carboxylic acids is 1. The van der Waals surface area contributed by atoms with E-state index < -0.39 is 41.5 Å². The van der Waals surface area contributed by atoms with Gasteiger partial charge in [0.15, 0.2) is 11.6 Å². The number of unbranched alkanes of at least 4 members (excludes halogenated alkanes) is 3. The number of hydrogen-bond donors (Lipinski definition) is 4. The molecule has 32 heavy (non-hydrogen) atoms. The fourth-order valence-electron chi connectivity index (χ4n) is 4.60. The van der Waals surface area contributed by atoms with Crippen LogP contribution < -0.4 is 4.74 Å². The van der Waals surface area contributed by atoms with E-state index in [9.17, 15) is 28.9 Å². The van der Waals surface area contributed by atoms with Crippen molar-refractivity contribution in [3.63, 3.8) is 0 Å². The van der Waals surface area contributed by atoms with Crippen LogP contribution in [0.25, 0.3) is 0 Å². The van der Waals surface area contributed by atoms with E-state index in [4.69, 9.17) is 9.84 Å². The van der Waals surface area contributed by atoms with E-state index in [0.717, 1.165) is 31.7 Å². The van der Waals surface area contributed by atoms with Crippen LogP contribution >= 0.6 is 0 Å². The summed E-state index contributed by atoms with van der Waals surface area (Å²) in [4.78, 5) is 10.6. The van der Waals surface area contributed by atoms with Crippen molar-refractivity contribution in [3.8, 4) is 5.75 Å². The van der Waals surface area contributed by atoms with Crippen molar-refractivity contribution in [2.75, 3.05) is 0 Å². The summed E-state index contributed by atoms with van der Waals surface area (Å²) in [6.07, 6.45) is 2.76. The van der Waals surface area contributed by atoms with Gasteiger partial charge in [0.25, 0.3) is 0 Å². The average Bonchev–Trinajstić information content (AvgIpc) is 2.98. The van der Waals surface area contributed by atoms with Gasteiger partial charge in [0, 0.05) is 6.42 Å². The average molecular weight is 459 g/mol. The molecule has 0 heterocycles. The van der Waals surface area contributed by atoms with E-state index in [1.54, 1.807) is 13.8 Å². The van der Waals surface area contributed by atoms with Gasteiger partial charge in [-0.05, 0) is 69.9 Å². The first-order valence-electron chi connectivity index (χ1n) is 11.4. The molecule has 1 aliphatic rings. The van der Waals surface area contributed by atoms with Gasteiger partial charge in [-0.2, -0.15) is 4.39 Å². The first kappa shape index (κ1) is 26.5. The van der Waals surface area contributed by atoms with Crippen LogP contribution in [-0.2, 0) is 4.79 Å². The number of aliphatic carboxylic acids is 1. The Bertz CT molecular complexity index is 741. The lowest BCUT2D eigenvalue weighted by Gasteiger charge is -2.33. The van der Waals surface area contributed by atoms with Gasteiger partial charge < -0.3 is 25.2 Å². The Morgan fingerprint density at radius 3 is 2.38 bits per heavy atom. The normalized spacial score (nSPS) is 24.5. The fraction of sp³-hybridized carbons (Fsp3) is 0.708. The Kier molecular flexibility index (Phi) is 9.85. The second kappa shape index (κ2) is 11.9. The minimum atomic E-state index is -1.18. The molecule has 0 spiro atoms. The number of aliphatic hydroxyl groups excluding tert-OH is 3. The molecule has 1 saturated carbocycles. The minimum Gasteiger partial charge on any atom is -0.482 e. The number of benzene rings is 1. The monoisotopic (exact) mass is 458 g/mol. The molecule has 0 bridgehead atoms. The molecule has 5 unspecified atom stereocenters. The molecule has 1 aliphatic carbocycles. The molecule has 0 amide bonds. The van der Waals surface area contributed by atoms with Gasteiger partial charge >= 0.3 is 5.97 Å². The summed E-state index contributed by atoms with van der Waals surface area (Å²) < 4.78 is 32.9. The van der Waals surface area contributed by atoms with E-state index in [1.165, 1.54) is 12.1 Å². The van der Waals surface area contributed by atoms with Crippen LogP contribution in [0, 0.1) is 23.5 Å². The Labute approximate surface area is 188 Å². The molecular formula is C24H36F2O6. The lowest BCUT2D eigenvalue weighted by Crippen LogP contribution is -2.42. The zero-order valence-corrected chi connectivity index (χ0v) is 18.8. The van der Waals surface area contributed by atoms with Crippen LogP contribution in [0.1, 0.15) is 71.6 Å². The van der Waals surface area contributed by atoms with Crippen LogP contribution in [0.3, 0.4) is 0 Å². The number of carboxylic acid groups (broad SMARTS) is 1. The molecule has 8 heteroatoms. The Morgan fingerprint density at radius 2 is 1.72 bits per heavy atom. The maximum Gasteiger partial charge on any atom is 0.303 e. The molecule has 182 valence electrons. The van der Waals surface area contributed by atoms with Crippen molar-refractivity contribution in [1.29, 1.82) is 0 Å². The quantitative estimate of drug-likeness (QED) is 0.332. The number of ether oxygens (including phenoxy) is 1. The summed E-state index contributed by atoms with van der Waals surface area (Å²) in [7, 11) is 0. The highest BCUT2D eigenvalue weighted by molar-refractivity contribution is 5.66. The SMILES string of the molecule is CC(C)(Oc1cccc(F)c1F)C(O)CCC1C(O)CC(O)C1CCCCCCC(=O)O. The smallest absolute Gasteiger partial charge is 0.303 e. The molecule has 1 aromatic rings. The zero-order valence-electron chi connectivity index (χ0n) is 18.8. The summed E-state index contributed by atoms with van der Waals surface area (Å²) in [5, 5.41) is 40.2. The molecule has 0 saturated heterocycles. The molecule has 4 N–H and O–H groups in total. The van der Waals surface area contributed by atoms with Gasteiger partial charge in [-0.15, -0.1) is 0 Å². The Hall–Kier alpha value is -1.77. The molecular weight excluding hydrogens is 422 g/mol. The summed E-state index contributed by atoms with van der Waals surface area (Å²) in [6.45, 7) is 3.19. The van der Waals surface area contributed by atoms with Gasteiger partial charge in [-0.1, -0.05) is 25.3 Å². The lowest BCUT2D eigenvalue weighted by atomic mass is 9.83. The van der Waals surface area contributed by atoms with Crippen molar-refractivity contribution in [2.24, 2.45) is 11.8 Å². The van der Waals surface area contributed by atoms with Crippen molar-refractivity contribution < 1.29 is 38.7 Å².